The number of aromatic hydroxyl groups is 2. The van der Waals surface area contributed by atoms with Gasteiger partial charge >= 0.3 is 12.1 Å². The Kier molecular flexibility index (Phi) is 8.39. The molecule has 2 saturated heterocycles. The fourth-order valence-electron chi connectivity index (χ4n) is 6.79. The van der Waals surface area contributed by atoms with Gasteiger partial charge in [-0.3, -0.25) is 24.1 Å². The topological polar surface area (TPSA) is 172 Å². The van der Waals surface area contributed by atoms with Crippen LogP contribution in [0.5, 0.6) is 11.5 Å². The smallest absolute Gasteiger partial charge is 0.471 e. The summed E-state index contributed by atoms with van der Waals surface area (Å²) in [5.74, 6) is -6.80. The Balaban J connectivity index is 1.40. The maximum absolute atomic E-state index is 13.9. The molecule has 2 unspecified atom stereocenters. The number of aliphatic hydroxyl groups is 1. The van der Waals surface area contributed by atoms with Crippen molar-refractivity contribution in [1.29, 1.82) is 0 Å². The van der Waals surface area contributed by atoms with E-state index in [0.717, 1.165) is 18.2 Å². The quantitative estimate of drug-likeness (QED) is 0.300. The van der Waals surface area contributed by atoms with Gasteiger partial charge in [0.2, 0.25) is 0 Å². The van der Waals surface area contributed by atoms with Crippen LogP contribution in [0.1, 0.15) is 68.8 Å². The van der Waals surface area contributed by atoms with E-state index < -0.39 is 81.9 Å². The van der Waals surface area contributed by atoms with Crippen molar-refractivity contribution in [3.05, 3.63) is 51.6 Å². The zero-order chi connectivity index (χ0) is 33.1. The van der Waals surface area contributed by atoms with E-state index in [1.165, 1.54) is 6.92 Å². The molecule has 12 nitrogen and oxygen atoms in total. The third-order valence-electron chi connectivity index (χ3n) is 9.09. The first-order valence-electron chi connectivity index (χ1n) is 14.8. The molecule has 2 aliphatic carbocycles. The first kappa shape index (κ1) is 32.1. The van der Waals surface area contributed by atoms with Crippen molar-refractivity contribution in [2.45, 2.75) is 56.9 Å². The van der Waals surface area contributed by atoms with Crippen molar-refractivity contribution >= 4 is 28.9 Å². The Morgan fingerprint density at radius 3 is 2.39 bits per heavy atom. The molecule has 0 radical (unpaired) electrons. The van der Waals surface area contributed by atoms with Crippen molar-refractivity contribution in [2.75, 3.05) is 38.2 Å². The number of amides is 1. The minimum atomic E-state index is -5.29. The third kappa shape index (κ3) is 5.55. The lowest BCUT2D eigenvalue weighted by molar-refractivity contribution is -0.232. The van der Waals surface area contributed by atoms with Crippen LogP contribution in [0.4, 0.5) is 18.9 Å². The zero-order valence-corrected chi connectivity index (χ0v) is 24.6. The highest BCUT2D eigenvalue weighted by atomic mass is 19.4. The predicted molar refractivity (Wildman–Crippen MR) is 151 cm³/mol. The fourth-order valence-corrected chi connectivity index (χ4v) is 6.79. The Labute approximate surface area is 260 Å². The van der Waals surface area contributed by atoms with E-state index in [1.807, 2.05) is 0 Å². The van der Waals surface area contributed by atoms with E-state index in [2.05, 4.69) is 4.90 Å². The van der Waals surface area contributed by atoms with Crippen molar-refractivity contribution in [1.82, 2.24) is 4.90 Å². The number of benzene rings is 2. The highest BCUT2D eigenvalue weighted by Gasteiger charge is 2.46. The molecular formula is C31H31F3N2O10. The molecule has 5 atom stereocenters. The van der Waals surface area contributed by atoms with Crippen molar-refractivity contribution in [3.8, 4) is 11.5 Å². The van der Waals surface area contributed by atoms with Crippen molar-refractivity contribution < 1.29 is 61.9 Å². The number of phenols is 2. The number of fused-ring (bicyclic) bond motifs is 3. The summed E-state index contributed by atoms with van der Waals surface area (Å²) in [7, 11) is 0. The standard InChI is InChI=1S/C31H31F3N2O10/c1-13(37)14-9-16-23(20(10-14)46-21-11-18(19(38)12-45-21)36-5-7-44-8-6-36)29(42)25-24(27(16)40)26(39)15-3-2-4-17(22(15)28(25)41)35-30(43)31(32,33)34/h2-4,14,18-21,38,40,42H,5-12H2,1H3,(H,35,43)/t14?,18-,19+,20-,21?/m0/s1. The molecule has 15 heteroatoms. The van der Waals surface area contributed by atoms with Crippen LogP contribution in [0.2, 0.25) is 0 Å². The number of carbonyl (C=O) groups is 4. The molecule has 2 aromatic rings. The van der Waals surface area contributed by atoms with Gasteiger partial charge in [-0.2, -0.15) is 13.2 Å². The molecule has 2 aromatic carbocycles. The summed E-state index contributed by atoms with van der Waals surface area (Å²) in [5.41, 5.74) is -2.86. The molecule has 0 saturated carbocycles. The molecular weight excluding hydrogens is 617 g/mol. The van der Waals surface area contributed by atoms with Crippen LogP contribution >= 0.6 is 0 Å². The molecule has 0 bridgehead atoms. The van der Waals surface area contributed by atoms with Crippen molar-refractivity contribution in [2.24, 2.45) is 5.92 Å². The number of halogens is 3. The molecule has 2 fully saturated rings. The monoisotopic (exact) mass is 648 g/mol. The van der Waals surface area contributed by atoms with E-state index >= 15 is 0 Å². The van der Waals surface area contributed by atoms with Gasteiger partial charge in [-0.25, -0.2) is 0 Å². The Bertz CT molecular complexity index is 1620. The Morgan fingerprint density at radius 2 is 1.72 bits per heavy atom. The number of morpholine rings is 1. The molecule has 2 aliphatic heterocycles. The summed E-state index contributed by atoms with van der Waals surface area (Å²) >= 11 is 0. The lowest BCUT2D eigenvalue weighted by Gasteiger charge is -2.43. The summed E-state index contributed by atoms with van der Waals surface area (Å²) in [6.45, 7) is 3.42. The molecule has 0 aromatic heterocycles. The number of nitrogens with zero attached hydrogens (tertiary/aromatic N) is 1. The number of hydrogen-bond acceptors (Lipinski definition) is 11. The number of alkyl halides is 3. The highest BCUT2D eigenvalue weighted by Crippen LogP contribution is 2.51. The minimum absolute atomic E-state index is 0.0133. The zero-order valence-electron chi connectivity index (χ0n) is 24.6. The third-order valence-corrected chi connectivity index (χ3v) is 9.09. The van der Waals surface area contributed by atoms with Gasteiger partial charge in [-0.05, 0) is 25.8 Å². The molecule has 2 heterocycles. The van der Waals surface area contributed by atoms with Gasteiger partial charge in [-0.15, -0.1) is 0 Å². The molecule has 1 amide bonds. The second kappa shape index (κ2) is 12.0. The first-order valence-corrected chi connectivity index (χ1v) is 14.8. The molecule has 246 valence electrons. The van der Waals surface area contributed by atoms with Crippen LogP contribution in [0.25, 0.3) is 0 Å². The van der Waals surface area contributed by atoms with Gasteiger partial charge < -0.3 is 34.8 Å². The SMILES string of the molecule is CC(=O)C1Cc2c(O)c3c(c(O)c2[C@@H](OC2C[C@H](N4CCOCC4)[C@H](O)CO2)C1)C(=O)c1c(NC(=O)C(F)(F)F)cccc1C3=O. The largest absolute Gasteiger partial charge is 0.507 e. The highest BCUT2D eigenvalue weighted by molar-refractivity contribution is 6.32. The van der Waals surface area contributed by atoms with Crippen LogP contribution in [0, 0.1) is 5.92 Å². The second-order valence-corrected chi connectivity index (χ2v) is 11.8. The predicted octanol–water partition coefficient (Wildman–Crippen LogP) is 2.39. The number of aliphatic hydroxyl groups excluding tert-OH is 1. The lowest BCUT2D eigenvalue weighted by atomic mass is 9.73. The number of hydrogen-bond donors (Lipinski definition) is 4. The van der Waals surface area contributed by atoms with Gasteiger partial charge in [0.15, 0.2) is 17.9 Å². The average Bonchev–Trinajstić information content (AvgIpc) is 3.02. The van der Waals surface area contributed by atoms with Crippen LogP contribution in [0.15, 0.2) is 18.2 Å². The van der Waals surface area contributed by atoms with Crippen LogP contribution < -0.4 is 5.32 Å². The van der Waals surface area contributed by atoms with E-state index in [1.54, 1.807) is 5.32 Å². The summed E-state index contributed by atoms with van der Waals surface area (Å²) in [5, 5.41) is 35.3. The number of Topliss-reactive ketones (excluding diaryl/α,β-unsaturated/α-hetero) is 1. The Hall–Kier alpha value is -3.89. The summed E-state index contributed by atoms with van der Waals surface area (Å²) < 4.78 is 56.6. The van der Waals surface area contributed by atoms with Gasteiger partial charge in [-0.1, -0.05) is 12.1 Å². The average molecular weight is 649 g/mol. The van der Waals surface area contributed by atoms with Crippen molar-refractivity contribution in [3.63, 3.8) is 0 Å². The van der Waals surface area contributed by atoms with E-state index in [4.69, 9.17) is 14.2 Å². The second-order valence-electron chi connectivity index (χ2n) is 11.8. The van der Waals surface area contributed by atoms with Crippen LogP contribution in [0.3, 0.4) is 0 Å². The molecule has 6 rings (SSSR count). The summed E-state index contributed by atoms with van der Waals surface area (Å²) in [6, 6.07) is 2.98. The number of ketones is 3. The number of ether oxygens (including phenoxy) is 3. The van der Waals surface area contributed by atoms with Crippen LogP contribution in [-0.2, 0) is 30.2 Å². The van der Waals surface area contributed by atoms with E-state index in [0.29, 0.717) is 26.3 Å². The molecule has 0 spiro atoms. The van der Waals surface area contributed by atoms with E-state index in [-0.39, 0.29) is 54.4 Å². The minimum Gasteiger partial charge on any atom is -0.507 e. The fraction of sp³-hybridized carbons (Fsp3) is 0.484. The van der Waals surface area contributed by atoms with Crippen LogP contribution in [-0.4, -0.2) is 101 Å². The number of carbonyl (C=O) groups excluding carboxylic acids is 4. The maximum atomic E-state index is 13.9. The van der Waals surface area contributed by atoms with Gasteiger partial charge in [0.25, 0.3) is 0 Å². The number of nitrogens with one attached hydrogen (secondary N) is 1. The summed E-state index contributed by atoms with van der Waals surface area (Å²) in [6.07, 6.45) is -8.02. The van der Waals surface area contributed by atoms with Gasteiger partial charge in [0, 0.05) is 48.2 Å². The Morgan fingerprint density at radius 1 is 1.02 bits per heavy atom. The van der Waals surface area contributed by atoms with Gasteiger partial charge in [0.1, 0.15) is 17.3 Å². The molecule has 4 N–H and O–H groups in total. The van der Waals surface area contributed by atoms with E-state index in [9.17, 15) is 47.7 Å². The number of phenolic OH excluding ortho intramolecular Hbond substituents is 2. The number of anilines is 1. The maximum Gasteiger partial charge on any atom is 0.471 e. The normalized spacial score (nSPS) is 26.6. The lowest BCUT2D eigenvalue weighted by Crippen LogP contribution is -2.55. The molecule has 46 heavy (non-hydrogen) atoms. The molecule has 4 aliphatic rings. The van der Waals surface area contributed by atoms with Gasteiger partial charge in [0.05, 0.1) is 54.4 Å². The summed E-state index contributed by atoms with van der Waals surface area (Å²) in [4.78, 5) is 53.9. The first-order chi connectivity index (χ1) is 21.8. The number of rotatable bonds is 5.